The molecule has 0 spiro atoms. The van der Waals surface area contributed by atoms with Gasteiger partial charge in [0.05, 0.1) is 30.5 Å². The topological polar surface area (TPSA) is 63.9 Å². The first kappa shape index (κ1) is 12.4. The van der Waals surface area contributed by atoms with Crippen LogP contribution in [0.2, 0.25) is 0 Å². The molecule has 3 N–H and O–H groups in total. The largest absolute Gasteiger partial charge is 0.379 e. The quantitative estimate of drug-likeness (QED) is 0.883. The van der Waals surface area contributed by atoms with Crippen molar-refractivity contribution >= 4 is 0 Å². The van der Waals surface area contributed by atoms with Crippen LogP contribution in [0.25, 0.3) is 11.3 Å². The van der Waals surface area contributed by atoms with Crippen LogP contribution in [0.1, 0.15) is 17.0 Å². The van der Waals surface area contributed by atoms with Crippen LogP contribution in [0.4, 0.5) is 0 Å². The summed E-state index contributed by atoms with van der Waals surface area (Å²) in [5.41, 5.74) is 10.5. The molecule has 1 aliphatic rings. The van der Waals surface area contributed by atoms with Gasteiger partial charge in [0.15, 0.2) is 0 Å². The van der Waals surface area contributed by atoms with Gasteiger partial charge in [0.1, 0.15) is 5.82 Å². The van der Waals surface area contributed by atoms with E-state index < -0.39 is 0 Å². The summed E-state index contributed by atoms with van der Waals surface area (Å²) in [6.07, 6.45) is 1.88. The molecule has 4 nitrogen and oxygen atoms in total. The summed E-state index contributed by atoms with van der Waals surface area (Å²) in [6, 6.07) is 6.43. The van der Waals surface area contributed by atoms with Gasteiger partial charge in [0.25, 0.3) is 0 Å². The van der Waals surface area contributed by atoms with Crippen molar-refractivity contribution in [3.05, 3.63) is 41.3 Å². The number of rotatable bonds is 3. The van der Waals surface area contributed by atoms with E-state index >= 15 is 0 Å². The number of aryl methyl sites for hydroxylation is 2. The average Bonchev–Trinajstić information content (AvgIpc) is 2.82. The Bertz CT molecular complexity index is 594. The Morgan fingerprint density at radius 3 is 2.68 bits per heavy atom. The van der Waals surface area contributed by atoms with Gasteiger partial charge in [0, 0.05) is 6.54 Å². The monoisotopic (exact) mass is 257 g/mol. The Labute approximate surface area is 113 Å². The van der Waals surface area contributed by atoms with Crippen LogP contribution in [-0.4, -0.2) is 29.7 Å². The van der Waals surface area contributed by atoms with Crippen LogP contribution in [0.5, 0.6) is 0 Å². The Morgan fingerprint density at radius 2 is 2.11 bits per heavy atom. The number of nitrogens with two attached hydrogens (primary N) is 1. The lowest BCUT2D eigenvalue weighted by atomic mass is 9.85. The zero-order chi connectivity index (χ0) is 13.5. The number of nitrogens with zero attached hydrogens (tertiary/aromatic N) is 1. The van der Waals surface area contributed by atoms with E-state index in [2.05, 4.69) is 42.0 Å². The summed E-state index contributed by atoms with van der Waals surface area (Å²) in [5, 5.41) is 0. The summed E-state index contributed by atoms with van der Waals surface area (Å²) in [4.78, 5) is 7.89. The Hall–Kier alpha value is -1.65. The molecule has 4 heteroatoms. The highest BCUT2D eigenvalue weighted by molar-refractivity contribution is 5.60. The zero-order valence-electron chi connectivity index (χ0n) is 11.4. The van der Waals surface area contributed by atoms with Crippen LogP contribution in [-0.2, 0) is 10.2 Å². The van der Waals surface area contributed by atoms with Crippen LogP contribution in [0, 0.1) is 13.8 Å². The van der Waals surface area contributed by atoms with Crippen molar-refractivity contribution < 1.29 is 4.74 Å². The Morgan fingerprint density at radius 1 is 1.32 bits per heavy atom. The molecule has 1 fully saturated rings. The third-order valence-corrected chi connectivity index (χ3v) is 4.04. The molecule has 2 heterocycles. The third kappa shape index (κ3) is 1.97. The molecule has 0 bridgehead atoms. The first-order valence-corrected chi connectivity index (χ1v) is 6.55. The number of hydrogen-bond donors (Lipinski definition) is 2. The van der Waals surface area contributed by atoms with Crippen LogP contribution < -0.4 is 5.73 Å². The fraction of sp³-hybridized carbons (Fsp3) is 0.400. The standard InChI is InChI=1S/C15H19N3O/c1-10-3-4-12(5-11(10)2)13-6-17-14(18-13)15(7-16)8-19-9-15/h3-6H,7-9,16H2,1-2H3,(H,17,18). The number of benzene rings is 1. The first-order valence-electron chi connectivity index (χ1n) is 6.55. The van der Waals surface area contributed by atoms with E-state index in [0.717, 1.165) is 17.1 Å². The van der Waals surface area contributed by atoms with E-state index in [0.29, 0.717) is 19.8 Å². The molecule has 0 saturated carbocycles. The molecule has 19 heavy (non-hydrogen) atoms. The molecule has 1 aromatic carbocycles. The fourth-order valence-electron chi connectivity index (χ4n) is 2.35. The molecule has 0 atom stereocenters. The zero-order valence-corrected chi connectivity index (χ0v) is 11.4. The number of ether oxygens (including phenoxy) is 1. The second-order valence-electron chi connectivity index (χ2n) is 5.42. The molecule has 0 aliphatic carbocycles. The lowest BCUT2D eigenvalue weighted by Crippen LogP contribution is -2.52. The van der Waals surface area contributed by atoms with E-state index in [1.54, 1.807) is 0 Å². The second-order valence-corrected chi connectivity index (χ2v) is 5.42. The van der Waals surface area contributed by atoms with Crippen molar-refractivity contribution in [1.29, 1.82) is 0 Å². The van der Waals surface area contributed by atoms with Gasteiger partial charge in [-0.25, -0.2) is 4.98 Å². The van der Waals surface area contributed by atoms with E-state index in [9.17, 15) is 0 Å². The van der Waals surface area contributed by atoms with Gasteiger partial charge < -0.3 is 15.5 Å². The second kappa shape index (κ2) is 4.47. The molecule has 2 aromatic rings. The summed E-state index contributed by atoms with van der Waals surface area (Å²) in [6.45, 7) is 6.11. The van der Waals surface area contributed by atoms with Gasteiger partial charge in [-0.3, -0.25) is 0 Å². The van der Waals surface area contributed by atoms with Gasteiger partial charge in [-0.15, -0.1) is 0 Å². The number of imidazole rings is 1. The predicted octanol–water partition coefficient (Wildman–Crippen LogP) is 1.92. The van der Waals surface area contributed by atoms with Gasteiger partial charge in [0.2, 0.25) is 0 Å². The molecule has 0 radical (unpaired) electrons. The molecule has 100 valence electrons. The number of aromatic nitrogens is 2. The molecule has 0 unspecified atom stereocenters. The minimum Gasteiger partial charge on any atom is -0.379 e. The van der Waals surface area contributed by atoms with E-state index in [1.165, 1.54) is 11.1 Å². The molecule has 3 rings (SSSR count). The van der Waals surface area contributed by atoms with E-state index in [4.69, 9.17) is 10.5 Å². The maximum atomic E-state index is 5.85. The molecule has 1 saturated heterocycles. The normalized spacial score (nSPS) is 17.2. The summed E-state index contributed by atoms with van der Waals surface area (Å²) in [7, 11) is 0. The number of nitrogens with one attached hydrogen (secondary N) is 1. The molecular formula is C15H19N3O. The van der Waals surface area contributed by atoms with Crippen LogP contribution >= 0.6 is 0 Å². The number of aromatic amines is 1. The van der Waals surface area contributed by atoms with Gasteiger partial charge in [-0.05, 0) is 36.6 Å². The first-order chi connectivity index (χ1) is 9.14. The minimum absolute atomic E-state index is 0.113. The average molecular weight is 257 g/mol. The van der Waals surface area contributed by atoms with Crippen LogP contribution in [0.15, 0.2) is 24.4 Å². The SMILES string of the molecule is Cc1ccc(-c2cnc(C3(CN)COC3)[nH]2)cc1C. The number of hydrogen-bond acceptors (Lipinski definition) is 3. The van der Waals surface area contributed by atoms with E-state index in [-0.39, 0.29) is 5.41 Å². The maximum Gasteiger partial charge on any atom is 0.118 e. The van der Waals surface area contributed by atoms with Gasteiger partial charge in [-0.1, -0.05) is 12.1 Å². The lowest BCUT2D eigenvalue weighted by Gasteiger charge is -2.38. The highest BCUT2D eigenvalue weighted by Gasteiger charge is 2.41. The predicted molar refractivity (Wildman–Crippen MR) is 75.0 cm³/mol. The fourth-order valence-corrected chi connectivity index (χ4v) is 2.35. The Kier molecular flexibility index (Phi) is 2.92. The van der Waals surface area contributed by atoms with Crippen molar-refractivity contribution in [2.24, 2.45) is 5.73 Å². The van der Waals surface area contributed by atoms with Crippen molar-refractivity contribution in [2.75, 3.05) is 19.8 Å². The van der Waals surface area contributed by atoms with Crippen molar-refractivity contribution in [3.8, 4) is 11.3 Å². The van der Waals surface area contributed by atoms with Crippen molar-refractivity contribution in [2.45, 2.75) is 19.3 Å². The van der Waals surface area contributed by atoms with Crippen molar-refractivity contribution in [3.63, 3.8) is 0 Å². The maximum absolute atomic E-state index is 5.85. The molecule has 1 aromatic heterocycles. The summed E-state index contributed by atoms with van der Waals surface area (Å²) < 4.78 is 5.29. The van der Waals surface area contributed by atoms with Crippen LogP contribution in [0.3, 0.4) is 0 Å². The van der Waals surface area contributed by atoms with Crippen molar-refractivity contribution in [1.82, 2.24) is 9.97 Å². The van der Waals surface area contributed by atoms with E-state index in [1.807, 2.05) is 6.20 Å². The smallest absolute Gasteiger partial charge is 0.118 e. The lowest BCUT2D eigenvalue weighted by molar-refractivity contribution is -0.0589. The molecule has 1 aliphatic heterocycles. The molecule has 0 amide bonds. The van der Waals surface area contributed by atoms with Gasteiger partial charge in [-0.2, -0.15) is 0 Å². The number of H-pyrrole nitrogens is 1. The van der Waals surface area contributed by atoms with Gasteiger partial charge >= 0.3 is 0 Å². The highest BCUT2D eigenvalue weighted by atomic mass is 16.5. The highest BCUT2D eigenvalue weighted by Crippen LogP contribution is 2.31. The third-order valence-electron chi connectivity index (χ3n) is 4.04. The minimum atomic E-state index is -0.113. The summed E-state index contributed by atoms with van der Waals surface area (Å²) in [5.74, 6) is 0.939. The Balaban J connectivity index is 1.94. The molecular weight excluding hydrogens is 238 g/mol. The summed E-state index contributed by atoms with van der Waals surface area (Å²) >= 11 is 0.